The van der Waals surface area contributed by atoms with Crippen LogP contribution in [0.15, 0.2) is 72.2 Å². The summed E-state index contributed by atoms with van der Waals surface area (Å²) in [6, 6.07) is 22.2. The van der Waals surface area contributed by atoms with Crippen molar-refractivity contribution in [2.75, 3.05) is 97.8 Å². The summed E-state index contributed by atoms with van der Waals surface area (Å²) in [6.45, 7) is 17.9. The monoisotopic (exact) mass is 953 g/mol. The van der Waals surface area contributed by atoms with Crippen LogP contribution in [0.1, 0.15) is 73.9 Å². The highest BCUT2D eigenvalue weighted by Gasteiger charge is 2.44. The molecule has 1 N–H and O–H groups in total. The number of aliphatic hydroxyl groups is 1. The van der Waals surface area contributed by atoms with E-state index in [-0.39, 0.29) is 62.3 Å². The number of likely N-dealkylation sites (N-methyl/N-ethyl adjacent to an activating group) is 1. The van der Waals surface area contributed by atoms with Crippen LogP contribution in [0.3, 0.4) is 0 Å². The number of hydrogen-bond acceptors (Lipinski definition) is 12. The molecule has 3 fully saturated rings. The highest BCUT2D eigenvalue weighted by atomic mass is 32.1. The van der Waals surface area contributed by atoms with E-state index >= 15 is 0 Å². The molecule has 4 aromatic rings. The van der Waals surface area contributed by atoms with Crippen LogP contribution >= 0.6 is 11.3 Å². The zero-order valence-corrected chi connectivity index (χ0v) is 42.1. The van der Waals surface area contributed by atoms with Crippen molar-refractivity contribution < 1.29 is 33.4 Å². The predicted octanol–water partition coefficient (Wildman–Crippen LogP) is 7.04. The number of halogens is 1. The van der Waals surface area contributed by atoms with E-state index in [0.29, 0.717) is 38.1 Å². The maximum atomic E-state index is 14.7. The van der Waals surface area contributed by atoms with Gasteiger partial charge in [0.1, 0.15) is 12.4 Å². The summed E-state index contributed by atoms with van der Waals surface area (Å²) in [7, 11) is 4.28. The van der Waals surface area contributed by atoms with Crippen molar-refractivity contribution in [3.8, 4) is 10.4 Å². The molecular weight excluding hydrogens is 880 g/mol. The molecule has 0 radical (unpaired) electrons. The van der Waals surface area contributed by atoms with Gasteiger partial charge in [0.25, 0.3) is 0 Å². The first-order valence-corrected chi connectivity index (χ1v) is 25.3. The van der Waals surface area contributed by atoms with Gasteiger partial charge in [-0.25, -0.2) is 9.37 Å². The van der Waals surface area contributed by atoms with Crippen molar-refractivity contribution >= 4 is 34.5 Å². The third-order valence-corrected chi connectivity index (χ3v) is 15.3. The van der Waals surface area contributed by atoms with E-state index in [4.69, 9.17) is 9.47 Å². The number of piperazine rings is 1. The normalized spacial score (nSPS) is 21.0. The molecule has 7 rings (SSSR count). The van der Waals surface area contributed by atoms with Gasteiger partial charge in [-0.2, -0.15) is 0 Å². The number of thiazole rings is 1. The number of aryl methyl sites for hydroxylation is 3. The number of likely N-dealkylation sites (tertiary alicyclic amines) is 2. The lowest BCUT2D eigenvalue weighted by molar-refractivity contribution is -0.146. The molecule has 1 aromatic heterocycles. The van der Waals surface area contributed by atoms with Crippen LogP contribution in [0.25, 0.3) is 10.4 Å². The number of amides is 1. The number of aliphatic hydroxyl groups excluding tert-OH is 1. The van der Waals surface area contributed by atoms with Gasteiger partial charge in [0.15, 0.2) is 11.6 Å². The molecule has 0 saturated carbocycles. The lowest BCUT2D eigenvalue weighted by Gasteiger charge is -2.36. The minimum Gasteiger partial charge on any atom is -0.391 e. The van der Waals surface area contributed by atoms with Crippen LogP contribution in [-0.4, -0.2) is 158 Å². The molecule has 0 unspecified atom stereocenters. The second kappa shape index (κ2) is 23.5. The van der Waals surface area contributed by atoms with Gasteiger partial charge < -0.3 is 29.3 Å². The second-order valence-corrected chi connectivity index (χ2v) is 21.3. The fourth-order valence-corrected chi connectivity index (χ4v) is 11.0. The number of nitrogens with zero attached hydrogens (tertiary/aromatic N) is 6. The number of aromatic nitrogens is 1. The molecule has 4 heterocycles. The zero-order chi connectivity index (χ0) is 48.5. The van der Waals surface area contributed by atoms with E-state index in [1.54, 1.807) is 23.5 Å². The summed E-state index contributed by atoms with van der Waals surface area (Å²) in [5, 5.41) is 10.6. The average Bonchev–Trinajstić information content (AvgIpc) is 4.06. The van der Waals surface area contributed by atoms with Crippen LogP contribution in [0, 0.1) is 31.0 Å². The van der Waals surface area contributed by atoms with E-state index in [1.807, 2.05) is 70.5 Å². The number of carbonyl (C=O) groups is 3. The Morgan fingerprint density at radius 2 is 1.62 bits per heavy atom. The van der Waals surface area contributed by atoms with Crippen LogP contribution in [-0.2, 0) is 36.8 Å². The molecule has 5 atom stereocenters. The first-order chi connectivity index (χ1) is 32.5. The van der Waals surface area contributed by atoms with Crippen molar-refractivity contribution in [1.29, 1.82) is 0 Å². The predicted molar refractivity (Wildman–Crippen MR) is 268 cm³/mol. The number of ether oxygens (including phenoxy) is 2. The number of ketones is 2. The second-order valence-electron chi connectivity index (χ2n) is 20.4. The lowest BCUT2D eigenvalue weighted by Crippen LogP contribution is -2.47. The Morgan fingerprint density at radius 3 is 2.28 bits per heavy atom. The summed E-state index contributed by atoms with van der Waals surface area (Å²) in [5.74, 6) is -0.973. The molecule has 3 aromatic carbocycles. The Labute approximate surface area is 407 Å². The number of benzene rings is 3. The maximum Gasteiger partial charge on any atom is 0.227 e. The Morgan fingerprint density at radius 1 is 0.897 bits per heavy atom. The van der Waals surface area contributed by atoms with Crippen molar-refractivity contribution in [1.82, 2.24) is 24.6 Å². The first kappa shape index (κ1) is 51.4. The van der Waals surface area contributed by atoms with Gasteiger partial charge in [0.2, 0.25) is 5.91 Å². The highest BCUT2D eigenvalue weighted by molar-refractivity contribution is 7.13. The van der Waals surface area contributed by atoms with Gasteiger partial charge >= 0.3 is 0 Å². The number of carbonyl (C=O) groups excluding carboxylic acids is 3. The van der Waals surface area contributed by atoms with E-state index in [9.17, 15) is 23.9 Å². The molecule has 368 valence electrons. The highest BCUT2D eigenvalue weighted by Crippen LogP contribution is 2.36. The van der Waals surface area contributed by atoms with Crippen LogP contribution < -0.4 is 4.90 Å². The quantitative estimate of drug-likeness (QED) is 0.0868. The fraction of sp³-hybridized carbons (Fsp3) is 0.556. The van der Waals surface area contributed by atoms with Crippen LogP contribution in [0.5, 0.6) is 0 Å². The van der Waals surface area contributed by atoms with Crippen LogP contribution in [0.2, 0.25) is 0 Å². The van der Waals surface area contributed by atoms with E-state index in [1.165, 1.54) is 16.2 Å². The molecule has 3 aliphatic heterocycles. The van der Waals surface area contributed by atoms with E-state index < -0.39 is 23.5 Å². The minimum absolute atomic E-state index is 0.00715. The Bertz CT molecular complexity index is 2270. The summed E-state index contributed by atoms with van der Waals surface area (Å²) in [5.41, 5.74) is 8.74. The minimum atomic E-state index is -0.791. The van der Waals surface area contributed by atoms with E-state index in [2.05, 4.69) is 62.9 Å². The molecule has 3 saturated heterocycles. The molecular formula is C54H73FN6O6S. The maximum absolute atomic E-state index is 14.7. The van der Waals surface area contributed by atoms with Gasteiger partial charge in [-0.3, -0.25) is 24.2 Å². The molecule has 1 amide bonds. The standard InChI is InChI=1S/C54H73FN6O6S/c1-37-9-8-10-48(55)45(37)32-59-33-46(50(34-59)57(6)7)40-16-18-42(19-17-40)60-23-21-58(22-24-60)25-26-66-27-28-67-35-44(63)29-47(54(3,4)5)53(65)61-31-43(62)30-49(61)51(64)20-13-39-11-14-41(15-12-39)52-38(2)56-36-68-52/h8-12,14-19,36,43,46-47,49-50,62H,13,20-35H2,1-7H3/t43-,46-,47+,49+,50+/m1/s1. The fourth-order valence-electron chi connectivity index (χ4n) is 10.1. The van der Waals surface area contributed by atoms with Crippen LogP contribution in [0.4, 0.5) is 10.1 Å². The third kappa shape index (κ3) is 13.3. The lowest BCUT2D eigenvalue weighted by atomic mass is 9.76. The molecule has 0 spiro atoms. The van der Waals surface area contributed by atoms with Gasteiger partial charge in [-0.05, 0) is 80.2 Å². The molecule has 12 nitrogen and oxygen atoms in total. The van der Waals surface area contributed by atoms with Crippen molar-refractivity contribution in [3.05, 3.63) is 106 Å². The van der Waals surface area contributed by atoms with Crippen molar-refractivity contribution in [2.24, 2.45) is 11.3 Å². The largest absolute Gasteiger partial charge is 0.391 e. The number of rotatable bonds is 21. The van der Waals surface area contributed by atoms with Crippen molar-refractivity contribution in [3.63, 3.8) is 0 Å². The number of β-amino-alcohol motifs (C(OH)–C–C–N with tert-alkyl or cyclic N) is 1. The van der Waals surface area contributed by atoms with Crippen molar-refractivity contribution in [2.45, 2.75) is 91.0 Å². The Hall–Kier alpha value is -4.41. The molecule has 0 bridgehead atoms. The molecule has 68 heavy (non-hydrogen) atoms. The summed E-state index contributed by atoms with van der Waals surface area (Å²) >= 11 is 1.60. The van der Waals surface area contributed by atoms with E-state index in [0.717, 1.165) is 78.6 Å². The SMILES string of the molecule is Cc1cccc(F)c1CN1C[C@H](c2ccc(N3CCN(CCOCCOCC(=O)C[C@@H](C(=O)N4C[C@H](O)C[C@H]4C(=O)CCc4ccc(-c5scnc5C)cc4)C(C)(C)C)CC3)cc2)[C@@H](N(C)C)C1. The van der Waals surface area contributed by atoms with Gasteiger partial charge in [-0.1, -0.05) is 69.3 Å². The van der Waals surface area contributed by atoms with Gasteiger partial charge in [-0.15, -0.1) is 11.3 Å². The summed E-state index contributed by atoms with van der Waals surface area (Å²) < 4.78 is 26.3. The Kier molecular flexibility index (Phi) is 17.8. The molecule has 14 heteroatoms. The van der Waals surface area contributed by atoms with Gasteiger partial charge in [0, 0.05) is 107 Å². The Balaban J connectivity index is 0.785. The zero-order valence-electron chi connectivity index (χ0n) is 41.3. The first-order valence-electron chi connectivity index (χ1n) is 24.4. The van der Waals surface area contributed by atoms with Gasteiger partial charge in [0.05, 0.1) is 48.0 Å². The summed E-state index contributed by atoms with van der Waals surface area (Å²) in [6.07, 6.45) is 0.190. The average molecular weight is 953 g/mol. The molecule has 0 aliphatic carbocycles. The molecule has 3 aliphatic rings. The smallest absolute Gasteiger partial charge is 0.227 e. The number of hydrogen-bond donors (Lipinski definition) is 1. The summed E-state index contributed by atoms with van der Waals surface area (Å²) in [4.78, 5) is 57.4. The number of Topliss-reactive ketones (excluding diaryl/α,β-unsaturated/α-hetero) is 2. The number of anilines is 1. The third-order valence-electron chi connectivity index (χ3n) is 14.3. The topological polar surface area (TPSA) is 119 Å².